The minimum atomic E-state index is -0.583. The van der Waals surface area contributed by atoms with E-state index >= 15 is 0 Å². The summed E-state index contributed by atoms with van der Waals surface area (Å²) in [4.78, 5) is 0. The van der Waals surface area contributed by atoms with Crippen molar-refractivity contribution in [2.24, 2.45) is 5.73 Å². The largest absolute Gasteiger partial charge is 0.461 e. The summed E-state index contributed by atoms with van der Waals surface area (Å²) in [7, 11) is 0. The molecule has 2 N–H and O–H groups in total. The summed E-state index contributed by atoms with van der Waals surface area (Å²) in [6.07, 6.45) is 0.701. The first-order chi connectivity index (χ1) is 10.1. The normalized spacial score (nSPS) is 12.8. The van der Waals surface area contributed by atoms with Gasteiger partial charge in [0.15, 0.2) is 0 Å². The molecule has 0 aliphatic carbocycles. The zero-order chi connectivity index (χ0) is 15.0. The Labute approximate surface area is 127 Å². The lowest BCUT2D eigenvalue weighted by molar-refractivity contribution is 0.543. The van der Waals surface area contributed by atoms with Gasteiger partial charge >= 0.3 is 0 Å². The number of hydrogen-bond acceptors (Lipinski definition) is 2. The van der Waals surface area contributed by atoms with Crippen LogP contribution in [0.5, 0.6) is 0 Å². The second kappa shape index (κ2) is 5.51. The number of furan rings is 1. The lowest BCUT2D eigenvalue weighted by Crippen LogP contribution is -2.14. The highest BCUT2D eigenvalue weighted by Gasteiger charge is 2.22. The van der Waals surface area contributed by atoms with E-state index in [1.807, 2.05) is 31.2 Å². The monoisotopic (exact) mass is 303 g/mol. The first kappa shape index (κ1) is 14.1. The van der Waals surface area contributed by atoms with Crippen molar-refractivity contribution >= 4 is 22.6 Å². The van der Waals surface area contributed by atoms with Gasteiger partial charge in [-0.25, -0.2) is 4.39 Å². The number of aryl methyl sites for hydroxylation is 1. The third kappa shape index (κ3) is 2.43. The maximum atomic E-state index is 14.1. The number of fused-ring (bicyclic) bond motifs is 1. The van der Waals surface area contributed by atoms with Crippen molar-refractivity contribution in [3.8, 4) is 0 Å². The fraction of sp³-hybridized carbons (Fsp3) is 0.176. The van der Waals surface area contributed by atoms with E-state index in [0.29, 0.717) is 17.0 Å². The molecule has 21 heavy (non-hydrogen) atoms. The van der Waals surface area contributed by atoms with Crippen molar-refractivity contribution in [3.63, 3.8) is 0 Å². The van der Waals surface area contributed by atoms with E-state index in [4.69, 9.17) is 21.8 Å². The molecule has 0 radical (unpaired) electrons. The van der Waals surface area contributed by atoms with Crippen molar-refractivity contribution < 1.29 is 8.81 Å². The van der Waals surface area contributed by atoms with Crippen LogP contribution in [-0.4, -0.2) is 0 Å². The molecule has 0 saturated carbocycles. The fourth-order valence-corrected chi connectivity index (χ4v) is 2.79. The highest BCUT2D eigenvalue weighted by molar-refractivity contribution is 6.30. The van der Waals surface area contributed by atoms with Crippen molar-refractivity contribution in [2.45, 2.75) is 19.4 Å². The quantitative estimate of drug-likeness (QED) is 0.752. The predicted octanol–water partition coefficient (Wildman–Crippen LogP) is 4.84. The van der Waals surface area contributed by atoms with Gasteiger partial charge in [-0.2, -0.15) is 0 Å². The van der Waals surface area contributed by atoms with Gasteiger partial charge in [-0.3, -0.25) is 0 Å². The summed E-state index contributed by atoms with van der Waals surface area (Å²) >= 11 is 5.80. The van der Waals surface area contributed by atoms with E-state index in [2.05, 4.69) is 0 Å². The highest BCUT2D eigenvalue weighted by atomic mass is 35.5. The number of nitrogens with two attached hydrogens (primary N) is 1. The van der Waals surface area contributed by atoms with Crippen LogP contribution in [0.4, 0.5) is 4.39 Å². The summed E-state index contributed by atoms with van der Waals surface area (Å²) < 4.78 is 20.0. The van der Waals surface area contributed by atoms with Crippen LogP contribution < -0.4 is 5.73 Å². The van der Waals surface area contributed by atoms with E-state index in [1.165, 1.54) is 6.07 Å². The van der Waals surface area contributed by atoms with Crippen molar-refractivity contribution in [2.75, 3.05) is 0 Å². The van der Waals surface area contributed by atoms with Crippen LogP contribution in [0.15, 0.2) is 46.9 Å². The molecular weight excluding hydrogens is 289 g/mol. The molecule has 0 fully saturated rings. The third-order valence-electron chi connectivity index (χ3n) is 3.64. The zero-order valence-electron chi connectivity index (χ0n) is 11.6. The van der Waals surface area contributed by atoms with Gasteiger partial charge < -0.3 is 10.2 Å². The fourth-order valence-electron chi connectivity index (χ4n) is 2.63. The van der Waals surface area contributed by atoms with Crippen LogP contribution in [0.1, 0.15) is 29.9 Å². The predicted molar refractivity (Wildman–Crippen MR) is 83.0 cm³/mol. The van der Waals surface area contributed by atoms with Gasteiger partial charge in [0, 0.05) is 28.0 Å². The molecule has 0 aliphatic heterocycles. The molecule has 0 spiro atoms. The van der Waals surface area contributed by atoms with Gasteiger partial charge in [0.2, 0.25) is 0 Å². The van der Waals surface area contributed by atoms with Gasteiger partial charge in [-0.1, -0.05) is 42.8 Å². The van der Waals surface area contributed by atoms with Gasteiger partial charge in [0.05, 0.1) is 6.04 Å². The Morgan fingerprint density at radius 1 is 1.24 bits per heavy atom. The van der Waals surface area contributed by atoms with Crippen LogP contribution in [0, 0.1) is 5.82 Å². The summed E-state index contributed by atoms with van der Waals surface area (Å²) in [5.41, 5.74) is 8.34. The third-order valence-corrected chi connectivity index (χ3v) is 3.88. The Hall–Kier alpha value is -1.84. The average Bonchev–Trinajstić information content (AvgIpc) is 2.85. The van der Waals surface area contributed by atoms with E-state index in [-0.39, 0.29) is 0 Å². The minimum Gasteiger partial charge on any atom is -0.461 e. The molecular formula is C17H15ClFNO. The Bertz CT molecular complexity index is 797. The second-order valence-electron chi connectivity index (χ2n) is 4.93. The average molecular weight is 304 g/mol. The molecule has 0 bridgehead atoms. The van der Waals surface area contributed by atoms with Gasteiger partial charge in [0.1, 0.15) is 17.2 Å². The lowest BCUT2D eigenvalue weighted by Gasteiger charge is -2.14. The van der Waals surface area contributed by atoms with E-state index in [1.54, 1.807) is 12.1 Å². The lowest BCUT2D eigenvalue weighted by atomic mass is 9.95. The molecule has 1 unspecified atom stereocenters. The molecule has 0 amide bonds. The van der Waals surface area contributed by atoms with Gasteiger partial charge in [0.25, 0.3) is 0 Å². The van der Waals surface area contributed by atoms with Gasteiger partial charge in [-0.05, 0) is 18.2 Å². The molecule has 1 aromatic heterocycles. The van der Waals surface area contributed by atoms with Crippen LogP contribution in [0.25, 0.3) is 11.0 Å². The molecule has 2 aromatic carbocycles. The molecule has 2 nitrogen and oxygen atoms in total. The van der Waals surface area contributed by atoms with E-state index < -0.39 is 11.9 Å². The van der Waals surface area contributed by atoms with E-state index in [9.17, 15) is 4.39 Å². The maximum absolute atomic E-state index is 14.1. The van der Waals surface area contributed by atoms with Crippen LogP contribution in [-0.2, 0) is 6.42 Å². The smallest absolute Gasteiger partial charge is 0.134 e. The first-order valence-electron chi connectivity index (χ1n) is 6.82. The molecule has 0 saturated heterocycles. The summed E-state index contributed by atoms with van der Waals surface area (Å²) in [5, 5.41) is 1.28. The number of halogens is 2. The van der Waals surface area contributed by atoms with Crippen molar-refractivity contribution in [1.29, 1.82) is 0 Å². The van der Waals surface area contributed by atoms with Crippen molar-refractivity contribution in [1.82, 2.24) is 0 Å². The van der Waals surface area contributed by atoms with Crippen LogP contribution >= 0.6 is 11.6 Å². The summed E-state index contributed by atoms with van der Waals surface area (Å²) in [6.45, 7) is 1.99. The molecule has 4 heteroatoms. The van der Waals surface area contributed by atoms with Crippen LogP contribution in [0.3, 0.4) is 0 Å². The molecule has 0 aliphatic rings. The Balaban J connectivity index is 2.18. The second-order valence-corrected chi connectivity index (χ2v) is 5.37. The number of rotatable bonds is 3. The molecule has 1 heterocycles. The standard InChI is InChI=1S/C17H15ClFNO/c1-2-14-16(12-5-3-4-6-15(12)21-14)17(20)11-8-7-10(18)9-13(11)19/h3-9,17H,2,20H2,1H3. The molecule has 3 aromatic rings. The Morgan fingerprint density at radius 2 is 2.00 bits per heavy atom. The first-order valence-corrected chi connectivity index (χ1v) is 7.20. The van der Waals surface area contributed by atoms with Crippen LogP contribution in [0.2, 0.25) is 5.02 Å². The molecule has 108 valence electrons. The number of hydrogen-bond donors (Lipinski definition) is 1. The Morgan fingerprint density at radius 3 is 2.71 bits per heavy atom. The SMILES string of the molecule is CCc1oc2ccccc2c1C(N)c1ccc(Cl)cc1F. The highest BCUT2D eigenvalue weighted by Crippen LogP contribution is 2.34. The van der Waals surface area contributed by atoms with Crippen molar-refractivity contribution in [3.05, 3.63) is 70.2 Å². The zero-order valence-corrected chi connectivity index (χ0v) is 12.3. The van der Waals surface area contributed by atoms with E-state index in [0.717, 1.165) is 22.3 Å². The number of benzene rings is 2. The van der Waals surface area contributed by atoms with Gasteiger partial charge in [-0.15, -0.1) is 0 Å². The Kier molecular flexibility index (Phi) is 3.70. The molecule has 3 rings (SSSR count). The number of para-hydroxylation sites is 1. The minimum absolute atomic E-state index is 0.358. The topological polar surface area (TPSA) is 39.2 Å². The maximum Gasteiger partial charge on any atom is 0.134 e. The molecule has 1 atom stereocenters. The summed E-state index contributed by atoms with van der Waals surface area (Å²) in [6, 6.07) is 11.6. The summed E-state index contributed by atoms with van der Waals surface area (Å²) in [5.74, 6) is 0.389.